The van der Waals surface area contributed by atoms with Crippen molar-refractivity contribution in [2.45, 2.75) is 26.4 Å². The van der Waals surface area contributed by atoms with Crippen molar-refractivity contribution in [3.05, 3.63) is 58.6 Å². The largest absolute Gasteiger partial charge is 0.481 e. The molecule has 0 saturated heterocycles. The molecule has 0 aliphatic rings. The van der Waals surface area contributed by atoms with Crippen LogP contribution in [0.5, 0.6) is 5.75 Å². The third kappa shape index (κ3) is 4.73. The molecule has 5 nitrogen and oxygen atoms in total. The van der Waals surface area contributed by atoms with Gasteiger partial charge >= 0.3 is 5.97 Å². The number of methoxy groups -OCH3 is 1. The molecule has 0 heterocycles. The fourth-order valence-electron chi connectivity index (χ4n) is 2.26. The first-order chi connectivity index (χ1) is 12.0. The van der Waals surface area contributed by atoms with Crippen LogP contribution in [0.1, 0.15) is 29.8 Å². The van der Waals surface area contributed by atoms with E-state index in [4.69, 9.17) is 16.3 Å². The van der Waals surface area contributed by atoms with Crippen LogP contribution < -0.4 is 10.1 Å². The summed E-state index contributed by atoms with van der Waals surface area (Å²) in [4.78, 5) is 24.0. The van der Waals surface area contributed by atoms with Gasteiger partial charge < -0.3 is 14.8 Å². The Morgan fingerprint density at radius 1 is 1.20 bits per heavy atom. The third-order valence-corrected chi connectivity index (χ3v) is 4.00. The Bertz CT molecular complexity index is 776. The van der Waals surface area contributed by atoms with E-state index < -0.39 is 12.1 Å². The molecule has 6 heteroatoms. The van der Waals surface area contributed by atoms with Crippen LogP contribution in [0.3, 0.4) is 0 Å². The normalized spacial score (nSPS) is 11.5. The number of nitrogens with one attached hydrogen (secondary N) is 1. The summed E-state index contributed by atoms with van der Waals surface area (Å²) in [5.74, 6) is -0.204. The molecule has 0 saturated carbocycles. The molecule has 0 aromatic heterocycles. The van der Waals surface area contributed by atoms with Crippen LogP contribution in [0.25, 0.3) is 0 Å². The highest BCUT2D eigenvalue weighted by molar-refractivity contribution is 6.33. The molecule has 1 unspecified atom stereocenters. The number of benzene rings is 2. The van der Waals surface area contributed by atoms with Gasteiger partial charge in [-0.2, -0.15) is 0 Å². The lowest BCUT2D eigenvalue weighted by Crippen LogP contribution is -2.30. The smallest absolute Gasteiger partial charge is 0.337 e. The number of carbonyl (C=O) groups is 2. The van der Waals surface area contributed by atoms with Crippen molar-refractivity contribution in [3.63, 3.8) is 0 Å². The van der Waals surface area contributed by atoms with Crippen molar-refractivity contribution >= 4 is 29.2 Å². The number of carbonyl (C=O) groups excluding carboxylic acids is 2. The molecule has 0 radical (unpaired) electrons. The first kappa shape index (κ1) is 18.8. The van der Waals surface area contributed by atoms with Crippen molar-refractivity contribution < 1.29 is 19.1 Å². The molecular formula is C19H20ClNO4. The Morgan fingerprint density at radius 3 is 2.60 bits per heavy atom. The molecule has 1 N–H and O–H groups in total. The van der Waals surface area contributed by atoms with Gasteiger partial charge in [-0.05, 0) is 43.2 Å². The SMILES string of the molecule is CCc1ccccc1OC(C)C(=O)Nc1cc(C(=O)OC)ccc1Cl. The first-order valence-electron chi connectivity index (χ1n) is 7.89. The van der Waals surface area contributed by atoms with Gasteiger partial charge in [0.25, 0.3) is 5.91 Å². The van der Waals surface area contributed by atoms with Gasteiger partial charge in [0.05, 0.1) is 23.4 Å². The molecule has 0 spiro atoms. The molecule has 132 valence electrons. The molecule has 2 aromatic carbocycles. The van der Waals surface area contributed by atoms with E-state index in [0.717, 1.165) is 12.0 Å². The molecule has 2 aromatic rings. The van der Waals surface area contributed by atoms with E-state index in [1.54, 1.807) is 6.92 Å². The van der Waals surface area contributed by atoms with Crippen molar-refractivity contribution in [3.8, 4) is 5.75 Å². The van der Waals surface area contributed by atoms with Gasteiger partial charge in [0, 0.05) is 0 Å². The predicted octanol–water partition coefficient (Wildman–Crippen LogP) is 4.10. The topological polar surface area (TPSA) is 64.6 Å². The summed E-state index contributed by atoms with van der Waals surface area (Å²) in [6, 6.07) is 12.1. The van der Waals surface area contributed by atoms with Crippen molar-refractivity contribution in [1.82, 2.24) is 0 Å². The first-order valence-corrected chi connectivity index (χ1v) is 8.27. The number of hydrogen-bond acceptors (Lipinski definition) is 4. The zero-order valence-electron chi connectivity index (χ0n) is 14.3. The summed E-state index contributed by atoms with van der Waals surface area (Å²) < 4.78 is 10.4. The van der Waals surface area contributed by atoms with E-state index >= 15 is 0 Å². The summed E-state index contributed by atoms with van der Waals surface area (Å²) in [5.41, 5.74) is 1.65. The maximum absolute atomic E-state index is 12.4. The second kappa shape index (κ2) is 8.53. The van der Waals surface area contributed by atoms with Gasteiger partial charge in [0.1, 0.15) is 5.75 Å². The Hall–Kier alpha value is -2.53. The summed E-state index contributed by atoms with van der Waals surface area (Å²) >= 11 is 6.09. The van der Waals surface area contributed by atoms with E-state index in [-0.39, 0.29) is 5.91 Å². The molecule has 1 amide bonds. The molecule has 0 bridgehead atoms. The fraction of sp³-hybridized carbons (Fsp3) is 0.263. The lowest BCUT2D eigenvalue weighted by Gasteiger charge is -2.17. The molecule has 0 aliphatic heterocycles. The van der Waals surface area contributed by atoms with Crippen LogP contribution in [0.2, 0.25) is 5.02 Å². The number of aryl methyl sites for hydroxylation is 1. The third-order valence-electron chi connectivity index (χ3n) is 3.67. The molecule has 1 atom stereocenters. The molecule has 0 fully saturated rings. The Balaban J connectivity index is 2.12. The van der Waals surface area contributed by atoms with Gasteiger partial charge in [-0.15, -0.1) is 0 Å². The van der Waals surface area contributed by atoms with Crippen LogP contribution in [0.4, 0.5) is 5.69 Å². The average Bonchev–Trinajstić information content (AvgIpc) is 2.63. The lowest BCUT2D eigenvalue weighted by molar-refractivity contribution is -0.122. The van der Waals surface area contributed by atoms with Crippen molar-refractivity contribution in [1.29, 1.82) is 0 Å². The average molecular weight is 362 g/mol. The van der Waals surface area contributed by atoms with Gasteiger partial charge in [-0.1, -0.05) is 36.7 Å². The summed E-state index contributed by atoms with van der Waals surface area (Å²) in [7, 11) is 1.29. The van der Waals surface area contributed by atoms with Crippen molar-refractivity contribution in [2.75, 3.05) is 12.4 Å². The number of anilines is 1. The second-order valence-electron chi connectivity index (χ2n) is 5.40. The number of hydrogen-bond donors (Lipinski definition) is 1. The van der Waals surface area contributed by atoms with Gasteiger partial charge in [0.2, 0.25) is 0 Å². The highest BCUT2D eigenvalue weighted by Gasteiger charge is 2.18. The highest BCUT2D eigenvalue weighted by Crippen LogP contribution is 2.25. The zero-order valence-corrected chi connectivity index (χ0v) is 15.1. The predicted molar refractivity (Wildman–Crippen MR) is 97.3 cm³/mol. The minimum Gasteiger partial charge on any atom is -0.481 e. The molecule has 0 aliphatic carbocycles. The van der Waals surface area contributed by atoms with E-state index in [9.17, 15) is 9.59 Å². The van der Waals surface area contributed by atoms with E-state index in [2.05, 4.69) is 10.1 Å². The molecular weight excluding hydrogens is 342 g/mol. The number of para-hydroxylation sites is 1. The Morgan fingerprint density at radius 2 is 1.92 bits per heavy atom. The number of rotatable bonds is 6. The number of amides is 1. The molecule has 2 rings (SSSR count). The molecule has 25 heavy (non-hydrogen) atoms. The number of esters is 1. The fourth-order valence-corrected chi connectivity index (χ4v) is 2.42. The number of halogens is 1. The number of ether oxygens (including phenoxy) is 2. The standard InChI is InChI=1S/C19H20ClNO4/c1-4-13-7-5-6-8-17(13)25-12(2)18(22)21-16-11-14(19(23)24-3)9-10-15(16)20/h5-12H,4H2,1-3H3,(H,21,22). The minimum absolute atomic E-state index is 0.298. The van der Waals surface area contributed by atoms with Gasteiger partial charge in [-0.25, -0.2) is 4.79 Å². The maximum Gasteiger partial charge on any atom is 0.337 e. The van der Waals surface area contributed by atoms with Gasteiger partial charge in [0.15, 0.2) is 6.10 Å². The Kier molecular flexibility index (Phi) is 6.42. The second-order valence-corrected chi connectivity index (χ2v) is 5.80. The van der Waals surface area contributed by atoms with E-state index in [1.807, 2.05) is 31.2 Å². The maximum atomic E-state index is 12.4. The summed E-state index contributed by atoms with van der Waals surface area (Å²) in [6.45, 7) is 3.67. The van der Waals surface area contributed by atoms with Gasteiger partial charge in [-0.3, -0.25) is 4.79 Å². The zero-order chi connectivity index (χ0) is 18.4. The van der Waals surface area contributed by atoms with Crippen LogP contribution in [-0.4, -0.2) is 25.1 Å². The van der Waals surface area contributed by atoms with E-state index in [0.29, 0.717) is 22.0 Å². The van der Waals surface area contributed by atoms with Crippen LogP contribution in [-0.2, 0) is 16.0 Å². The summed E-state index contributed by atoms with van der Waals surface area (Å²) in [5, 5.41) is 3.00. The van der Waals surface area contributed by atoms with Crippen LogP contribution in [0, 0.1) is 0 Å². The van der Waals surface area contributed by atoms with Crippen LogP contribution in [0.15, 0.2) is 42.5 Å². The quantitative estimate of drug-likeness (QED) is 0.787. The monoisotopic (exact) mass is 361 g/mol. The lowest BCUT2D eigenvalue weighted by atomic mass is 10.1. The Labute approximate surface area is 151 Å². The van der Waals surface area contributed by atoms with Crippen LogP contribution >= 0.6 is 11.6 Å². The summed E-state index contributed by atoms with van der Waals surface area (Å²) in [6.07, 6.45) is 0.0721. The highest BCUT2D eigenvalue weighted by atomic mass is 35.5. The minimum atomic E-state index is -0.731. The van der Waals surface area contributed by atoms with E-state index in [1.165, 1.54) is 25.3 Å². The van der Waals surface area contributed by atoms with Crippen molar-refractivity contribution in [2.24, 2.45) is 0 Å².